The molecule has 0 saturated heterocycles. The van der Waals surface area contributed by atoms with E-state index in [0.29, 0.717) is 11.5 Å². The molecule has 0 saturated carbocycles. The van der Waals surface area contributed by atoms with Crippen molar-refractivity contribution >= 4 is 50.9 Å². The molecule has 1 aromatic carbocycles. The summed E-state index contributed by atoms with van der Waals surface area (Å²) in [4.78, 5) is 15.6. The molecule has 3 aromatic rings. The second kappa shape index (κ2) is 6.80. The zero-order chi connectivity index (χ0) is 15.5. The van der Waals surface area contributed by atoms with Crippen molar-refractivity contribution in [1.82, 2.24) is 19.7 Å². The molecule has 0 N–H and O–H groups in total. The van der Waals surface area contributed by atoms with Gasteiger partial charge in [-0.2, -0.15) is 0 Å². The van der Waals surface area contributed by atoms with Gasteiger partial charge in [-0.15, -0.1) is 21.5 Å². The van der Waals surface area contributed by atoms with E-state index in [0.717, 1.165) is 20.8 Å². The molecule has 0 aliphatic carbocycles. The summed E-state index contributed by atoms with van der Waals surface area (Å²) in [6, 6.07) is 8.12. The highest BCUT2D eigenvalue weighted by atomic mass is 32.2. The molecule has 0 amide bonds. The molecule has 114 valence electrons. The Morgan fingerprint density at radius 3 is 2.86 bits per heavy atom. The number of para-hydroxylation sites is 1. The molecule has 0 atom stereocenters. The van der Waals surface area contributed by atoms with E-state index < -0.39 is 0 Å². The van der Waals surface area contributed by atoms with Crippen LogP contribution in [0.1, 0.15) is 12.7 Å². The van der Waals surface area contributed by atoms with Crippen molar-refractivity contribution in [2.24, 2.45) is 7.05 Å². The van der Waals surface area contributed by atoms with Gasteiger partial charge in [0.05, 0.1) is 21.7 Å². The third-order valence-electron chi connectivity index (χ3n) is 2.93. The fourth-order valence-corrected chi connectivity index (χ4v) is 4.58. The minimum atomic E-state index is 0.137. The van der Waals surface area contributed by atoms with Gasteiger partial charge in [0, 0.05) is 7.05 Å². The van der Waals surface area contributed by atoms with Crippen LogP contribution in [-0.2, 0) is 17.6 Å². The minimum absolute atomic E-state index is 0.137. The van der Waals surface area contributed by atoms with Crippen LogP contribution in [0.3, 0.4) is 0 Å². The van der Waals surface area contributed by atoms with Crippen LogP contribution in [0.4, 0.5) is 0 Å². The molecule has 5 nitrogen and oxygen atoms in total. The number of fused-ring (bicyclic) bond motifs is 1. The maximum absolute atomic E-state index is 11.0. The number of nitrogens with zero attached hydrogens (tertiary/aromatic N) is 4. The molecule has 8 heteroatoms. The van der Waals surface area contributed by atoms with Crippen molar-refractivity contribution < 1.29 is 4.79 Å². The maximum Gasteiger partial charge on any atom is 0.191 e. The fourth-order valence-electron chi connectivity index (χ4n) is 1.80. The Balaban J connectivity index is 1.67. The first-order valence-electron chi connectivity index (χ1n) is 6.62. The monoisotopic (exact) mass is 350 g/mol. The lowest BCUT2D eigenvalue weighted by Gasteiger charge is -2.01. The summed E-state index contributed by atoms with van der Waals surface area (Å²) in [5.41, 5.74) is 1.03. The van der Waals surface area contributed by atoms with Gasteiger partial charge in [0.1, 0.15) is 11.6 Å². The number of rotatable bonds is 6. The van der Waals surface area contributed by atoms with Gasteiger partial charge in [-0.1, -0.05) is 35.7 Å². The minimum Gasteiger partial charge on any atom is -0.308 e. The number of aromatic nitrogens is 4. The molecule has 0 radical (unpaired) electrons. The van der Waals surface area contributed by atoms with Crippen LogP contribution in [0.25, 0.3) is 10.2 Å². The first-order valence-corrected chi connectivity index (χ1v) is 9.41. The van der Waals surface area contributed by atoms with Gasteiger partial charge < -0.3 is 4.57 Å². The van der Waals surface area contributed by atoms with Crippen LogP contribution in [0, 0.1) is 0 Å². The van der Waals surface area contributed by atoms with Gasteiger partial charge in [0.15, 0.2) is 9.50 Å². The second-order valence-electron chi connectivity index (χ2n) is 4.68. The third-order valence-corrected chi connectivity index (χ3v) is 6.27. The zero-order valence-electron chi connectivity index (χ0n) is 12.1. The average Bonchev–Trinajstić information content (AvgIpc) is 3.06. The summed E-state index contributed by atoms with van der Waals surface area (Å²) < 4.78 is 4.16. The number of hydrogen-bond acceptors (Lipinski definition) is 7. The molecule has 22 heavy (non-hydrogen) atoms. The van der Waals surface area contributed by atoms with Crippen molar-refractivity contribution in [2.75, 3.05) is 5.75 Å². The topological polar surface area (TPSA) is 60.7 Å². The maximum atomic E-state index is 11.0. The van der Waals surface area contributed by atoms with E-state index in [2.05, 4.69) is 21.2 Å². The molecule has 0 aliphatic rings. The van der Waals surface area contributed by atoms with Crippen molar-refractivity contribution in [3.8, 4) is 0 Å². The van der Waals surface area contributed by atoms with E-state index in [1.165, 1.54) is 16.5 Å². The number of thioether (sulfide) groups is 2. The largest absolute Gasteiger partial charge is 0.308 e. The Kier molecular flexibility index (Phi) is 4.80. The number of hydrogen-bond donors (Lipinski definition) is 0. The summed E-state index contributed by atoms with van der Waals surface area (Å²) in [5.74, 6) is 2.16. The van der Waals surface area contributed by atoms with E-state index in [9.17, 15) is 4.79 Å². The molecule has 0 unspecified atom stereocenters. The van der Waals surface area contributed by atoms with Crippen molar-refractivity contribution in [3.05, 3.63) is 30.1 Å². The lowest BCUT2D eigenvalue weighted by atomic mass is 10.3. The van der Waals surface area contributed by atoms with E-state index in [1.54, 1.807) is 30.0 Å². The third kappa shape index (κ3) is 3.50. The van der Waals surface area contributed by atoms with Crippen LogP contribution in [0.15, 0.2) is 33.8 Å². The molecule has 2 heterocycles. The first kappa shape index (κ1) is 15.5. The second-order valence-corrected chi connectivity index (χ2v) is 7.88. The summed E-state index contributed by atoms with van der Waals surface area (Å²) in [5, 5.41) is 9.11. The number of ketones is 1. The highest BCUT2D eigenvalue weighted by molar-refractivity contribution is 8.00. The Hall–Kier alpha value is -1.38. The zero-order valence-corrected chi connectivity index (χ0v) is 14.6. The highest BCUT2D eigenvalue weighted by Crippen LogP contribution is 2.31. The van der Waals surface area contributed by atoms with Crippen LogP contribution in [-0.4, -0.2) is 31.3 Å². The predicted octanol–water partition coefficient (Wildman–Crippen LogP) is 3.40. The molecule has 0 fully saturated rings. The predicted molar refractivity (Wildman–Crippen MR) is 91.6 cm³/mol. The van der Waals surface area contributed by atoms with Gasteiger partial charge in [0.25, 0.3) is 0 Å². The van der Waals surface area contributed by atoms with Gasteiger partial charge in [-0.05, 0) is 19.1 Å². The smallest absolute Gasteiger partial charge is 0.191 e. The Labute approximate surface area is 140 Å². The highest BCUT2D eigenvalue weighted by Gasteiger charge is 2.12. The fraction of sp³-hybridized carbons (Fsp3) is 0.286. The number of carbonyl (C=O) groups is 1. The van der Waals surface area contributed by atoms with Gasteiger partial charge >= 0.3 is 0 Å². The van der Waals surface area contributed by atoms with Crippen LogP contribution >= 0.6 is 34.9 Å². The molecule has 2 aromatic heterocycles. The number of Topliss-reactive ketones (excluding diaryl/α,β-unsaturated/α-hetero) is 1. The molecular weight excluding hydrogens is 336 g/mol. The number of benzene rings is 1. The lowest BCUT2D eigenvalue weighted by Crippen LogP contribution is -2.00. The Bertz CT molecular complexity index is 778. The molecule has 0 aliphatic heterocycles. The SMILES string of the molecule is CC(=O)CSc1nnc(CSc2nc3ccccc3s2)n1C. The van der Waals surface area contributed by atoms with Crippen LogP contribution < -0.4 is 0 Å². The van der Waals surface area contributed by atoms with Gasteiger partial charge in [-0.3, -0.25) is 4.79 Å². The van der Waals surface area contributed by atoms with E-state index >= 15 is 0 Å². The summed E-state index contributed by atoms with van der Waals surface area (Å²) >= 11 is 4.77. The van der Waals surface area contributed by atoms with Crippen LogP contribution in [0.2, 0.25) is 0 Å². The van der Waals surface area contributed by atoms with Crippen LogP contribution in [0.5, 0.6) is 0 Å². The van der Waals surface area contributed by atoms with E-state index in [4.69, 9.17) is 0 Å². The summed E-state index contributed by atoms with van der Waals surface area (Å²) in [6.07, 6.45) is 0. The Morgan fingerprint density at radius 2 is 2.09 bits per heavy atom. The molecule has 0 bridgehead atoms. The average molecular weight is 350 g/mol. The quantitative estimate of drug-likeness (QED) is 0.635. The van der Waals surface area contributed by atoms with E-state index in [-0.39, 0.29) is 5.78 Å². The van der Waals surface area contributed by atoms with Gasteiger partial charge in [-0.25, -0.2) is 4.98 Å². The number of thiazole rings is 1. The Morgan fingerprint density at radius 1 is 1.27 bits per heavy atom. The first-order chi connectivity index (χ1) is 10.6. The summed E-state index contributed by atoms with van der Waals surface area (Å²) in [6.45, 7) is 1.58. The van der Waals surface area contributed by atoms with Gasteiger partial charge in [0.2, 0.25) is 0 Å². The summed E-state index contributed by atoms with van der Waals surface area (Å²) in [7, 11) is 1.93. The molecule has 3 rings (SSSR count). The van der Waals surface area contributed by atoms with E-state index in [1.807, 2.05) is 29.8 Å². The molecular formula is C14H14N4OS3. The van der Waals surface area contributed by atoms with Crippen molar-refractivity contribution in [2.45, 2.75) is 22.2 Å². The normalized spacial score (nSPS) is 11.2. The van der Waals surface area contributed by atoms with Crippen molar-refractivity contribution in [1.29, 1.82) is 0 Å². The standard InChI is InChI=1S/C14H14N4OS3/c1-9(19)7-20-13-17-16-12(18(13)2)8-21-14-15-10-5-3-4-6-11(10)22-14/h3-6H,7-8H2,1-2H3. The number of carbonyl (C=O) groups excluding carboxylic acids is 1. The lowest BCUT2D eigenvalue weighted by molar-refractivity contribution is -0.114. The van der Waals surface area contributed by atoms with Crippen molar-refractivity contribution in [3.63, 3.8) is 0 Å². The molecule has 0 spiro atoms.